The van der Waals surface area contributed by atoms with Gasteiger partial charge in [0.25, 0.3) is 5.91 Å². The Balaban J connectivity index is 1.68. The van der Waals surface area contributed by atoms with Crippen molar-refractivity contribution < 1.29 is 23.1 Å². The maximum absolute atomic E-state index is 13.7. The predicted octanol–water partition coefficient (Wildman–Crippen LogP) is 5.14. The minimum Gasteiger partial charge on any atom is -0.508 e. The van der Waals surface area contributed by atoms with Gasteiger partial charge in [0.2, 0.25) is 0 Å². The number of phenols is 1. The van der Waals surface area contributed by atoms with E-state index >= 15 is 0 Å². The fourth-order valence-electron chi connectivity index (χ4n) is 3.51. The number of carbonyl (C=O) groups excluding carboxylic acids is 1. The van der Waals surface area contributed by atoms with E-state index < -0.39 is 11.7 Å². The van der Waals surface area contributed by atoms with Crippen LogP contribution in [0.1, 0.15) is 21.5 Å². The molecule has 1 aliphatic heterocycles. The number of phenolic OH excluding ortho intramolecular Hbond substituents is 1. The van der Waals surface area contributed by atoms with Crippen molar-refractivity contribution in [3.8, 4) is 16.9 Å². The second-order valence-electron chi connectivity index (χ2n) is 7.09. The number of hydrogen-bond acceptors (Lipinski definition) is 4. The molecule has 158 valence electrons. The van der Waals surface area contributed by atoms with Crippen molar-refractivity contribution in [2.75, 3.05) is 12.4 Å². The maximum atomic E-state index is 13.7. The molecule has 0 unspecified atom stereocenters. The summed E-state index contributed by atoms with van der Waals surface area (Å²) in [5, 5.41) is 15.3. The van der Waals surface area contributed by atoms with Gasteiger partial charge >= 0.3 is 6.18 Å². The molecule has 1 heterocycles. The van der Waals surface area contributed by atoms with E-state index in [1.54, 1.807) is 24.3 Å². The van der Waals surface area contributed by atoms with Gasteiger partial charge < -0.3 is 15.7 Å². The van der Waals surface area contributed by atoms with E-state index in [0.29, 0.717) is 29.1 Å². The molecule has 0 spiro atoms. The standard InChI is InChI=1S/C23H18F3N3O2/c1-27-22(31)14-5-2-6-16(8-14)28-21-11-15-10-18(13-4-3-7-17(30)9-13)19(23(24,25)26)12-20(15)29-21/h2-10,12,30H,11H2,1H3,(H,27,31)(H,28,29). The Labute approximate surface area is 176 Å². The van der Waals surface area contributed by atoms with Crippen LogP contribution in [-0.2, 0) is 12.6 Å². The molecule has 3 aromatic carbocycles. The fraction of sp³-hybridized carbons (Fsp3) is 0.130. The number of halogens is 3. The number of aliphatic imine (C=N–C) groups is 1. The summed E-state index contributed by atoms with van der Waals surface area (Å²) in [6.45, 7) is 0. The van der Waals surface area contributed by atoms with Crippen LogP contribution in [0.4, 0.5) is 24.5 Å². The third-order valence-corrected chi connectivity index (χ3v) is 4.94. The number of nitrogens with zero attached hydrogens (tertiary/aromatic N) is 1. The molecule has 0 saturated heterocycles. The molecule has 0 bridgehead atoms. The molecule has 0 saturated carbocycles. The molecule has 0 fully saturated rings. The second kappa shape index (κ2) is 7.79. The zero-order valence-corrected chi connectivity index (χ0v) is 16.4. The first-order valence-corrected chi connectivity index (χ1v) is 9.45. The lowest BCUT2D eigenvalue weighted by atomic mass is 9.95. The lowest BCUT2D eigenvalue weighted by molar-refractivity contribution is -0.137. The molecule has 1 aliphatic rings. The van der Waals surface area contributed by atoms with Crippen LogP contribution in [0.3, 0.4) is 0 Å². The highest BCUT2D eigenvalue weighted by atomic mass is 19.4. The van der Waals surface area contributed by atoms with Crippen molar-refractivity contribution in [1.82, 2.24) is 5.32 Å². The molecular formula is C23H18F3N3O2. The molecular weight excluding hydrogens is 407 g/mol. The van der Waals surface area contributed by atoms with Crippen LogP contribution in [0.25, 0.3) is 11.1 Å². The zero-order chi connectivity index (χ0) is 22.2. The number of rotatable bonds is 3. The molecule has 0 aliphatic carbocycles. The van der Waals surface area contributed by atoms with Crippen molar-refractivity contribution >= 4 is 23.1 Å². The Morgan fingerprint density at radius 1 is 1.06 bits per heavy atom. The van der Waals surface area contributed by atoms with Gasteiger partial charge in [-0.25, -0.2) is 4.99 Å². The highest BCUT2D eigenvalue weighted by molar-refractivity contribution is 6.03. The van der Waals surface area contributed by atoms with Gasteiger partial charge in [-0.2, -0.15) is 13.2 Å². The number of amides is 1. The summed E-state index contributed by atoms with van der Waals surface area (Å²) in [6.07, 6.45) is -4.27. The quantitative estimate of drug-likeness (QED) is 0.544. The first-order valence-electron chi connectivity index (χ1n) is 9.45. The highest BCUT2D eigenvalue weighted by Crippen LogP contribution is 2.43. The minimum atomic E-state index is -4.58. The van der Waals surface area contributed by atoms with Crippen molar-refractivity contribution in [2.45, 2.75) is 12.6 Å². The Bertz CT molecular complexity index is 1200. The van der Waals surface area contributed by atoms with Crippen LogP contribution in [0, 0.1) is 0 Å². The minimum absolute atomic E-state index is 0.0137. The summed E-state index contributed by atoms with van der Waals surface area (Å²) in [4.78, 5) is 16.1. The lowest BCUT2D eigenvalue weighted by Crippen LogP contribution is -2.18. The molecule has 4 rings (SSSR count). The van der Waals surface area contributed by atoms with Gasteiger partial charge in [0.1, 0.15) is 11.6 Å². The number of benzene rings is 3. The maximum Gasteiger partial charge on any atom is 0.417 e. The molecule has 3 aromatic rings. The van der Waals surface area contributed by atoms with Crippen LogP contribution in [0.15, 0.2) is 65.7 Å². The fourth-order valence-corrected chi connectivity index (χ4v) is 3.51. The van der Waals surface area contributed by atoms with Crippen LogP contribution < -0.4 is 10.6 Å². The van der Waals surface area contributed by atoms with Gasteiger partial charge in [-0.15, -0.1) is 0 Å². The summed E-state index contributed by atoms with van der Waals surface area (Å²) in [5.41, 5.74) is 1.38. The number of hydrogen-bond donors (Lipinski definition) is 3. The average Bonchev–Trinajstić information content (AvgIpc) is 3.13. The number of fused-ring (bicyclic) bond motifs is 1. The van der Waals surface area contributed by atoms with E-state index in [1.165, 1.54) is 37.4 Å². The van der Waals surface area contributed by atoms with E-state index in [1.807, 2.05) is 0 Å². The number of aromatic hydroxyl groups is 1. The number of alkyl halides is 3. The normalized spacial score (nSPS) is 12.8. The van der Waals surface area contributed by atoms with Gasteiger partial charge in [0, 0.05) is 24.7 Å². The van der Waals surface area contributed by atoms with E-state index in [0.717, 1.165) is 6.07 Å². The first kappa shape index (κ1) is 20.5. The highest BCUT2D eigenvalue weighted by Gasteiger charge is 2.35. The molecule has 31 heavy (non-hydrogen) atoms. The molecule has 0 atom stereocenters. The van der Waals surface area contributed by atoms with Gasteiger partial charge in [-0.1, -0.05) is 18.2 Å². The number of carbonyl (C=O) groups is 1. The Morgan fingerprint density at radius 3 is 2.55 bits per heavy atom. The van der Waals surface area contributed by atoms with Crippen LogP contribution in [-0.4, -0.2) is 23.9 Å². The van der Waals surface area contributed by atoms with Crippen molar-refractivity contribution in [3.63, 3.8) is 0 Å². The van der Waals surface area contributed by atoms with Gasteiger partial charge in [-0.3, -0.25) is 4.79 Å². The summed E-state index contributed by atoms with van der Waals surface area (Å²) in [6, 6.07) is 15.0. The van der Waals surface area contributed by atoms with Gasteiger partial charge in [0.15, 0.2) is 0 Å². The smallest absolute Gasteiger partial charge is 0.417 e. The summed E-state index contributed by atoms with van der Waals surface area (Å²) in [7, 11) is 1.53. The Hall–Kier alpha value is -3.81. The summed E-state index contributed by atoms with van der Waals surface area (Å²) >= 11 is 0. The van der Waals surface area contributed by atoms with E-state index in [2.05, 4.69) is 15.6 Å². The van der Waals surface area contributed by atoms with Crippen LogP contribution in [0.2, 0.25) is 0 Å². The molecule has 8 heteroatoms. The third-order valence-electron chi connectivity index (χ3n) is 4.94. The second-order valence-corrected chi connectivity index (χ2v) is 7.09. The molecule has 0 aromatic heterocycles. The Morgan fingerprint density at radius 2 is 1.84 bits per heavy atom. The van der Waals surface area contributed by atoms with Crippen molar-refractivity contribution in [2.24, 2.45) is 4.99 Å². The zero-order valence-electron chi connectivity index (χ0n) is 16.4. The van der Waals surface area contributed by atoms with Crippen molar-refractivity contribution in [3.05, 3.63) is 77.4 Å². The van der Waals surface area contributed by atoms with Crippen molar-refractivity contribution in [1.29, 1.82) is 0 Å². The number of anilines is 1. The molecule has 5 nitrogen and oxygen atoms in total. The SMILES string of the molecule is CNC(=O)c1cccc(NC2=Nc3cc(C(F)(F)F)c(-c4cccc(O)c4)cc3C2)c1. The predicted molar refractivity (Wildman–Crippen MR) is 113 cm³/mol. The molecule has 1 amide bonds. The first-order chi connectivity index (χ1) is 14.7. The summed E-state index contributed by atoms with van der Waals surface area (Å²) in [5.74, 6) is 0.122. The lowest BCUT2D eigenvalue weighted by Gasteiger charge is -2.15. The Kier molecular flexibility index (Phi) is 5.14. The summed E-state index contributed by atoms with van der Waals surface area (Å²) < 4.78 is 41.2. The van der Waals surface area contributed by atoms with E-state index in [-0.39, 0.29) is 28.5 Å². The van der Waals surface area contributed by atoms with Gasteiger partial charge in [0.05, 0.1) is 11.3 Å². The third kappa shape index (κ3) is 4.23. The van der Waals surface area contributed by atoms with E-state index in [4.69, 9.17) is 0 Å². The van der Waals surface area contributed by atoms with Crippen LogP contribution >= 0.6 is 0 Å². The van der Waals surface area contributed by atoms with Crippen LogP contribution in [0.5, 0.6) is 5.75 Å². The monoisotopic (exact) mass is 425 g/mol. The molecule has 0 radical (unpaired) electrons. The average molecular weight is 425 g/mol. The molecule has 3 N–H and O–H groups in total. The van der Waals surface area contributed by atoms with Gasteiger partial charge in [-0.05, 0) is 59.2 Å². The largest absolute Gasteiger partial charge is 0.508 e. The number of amidine groups is 1. The van der Waals surface area contributed by atoms with E-state index in [9.17, 15) is 23.1 Å². The topological polar surface area (TPSA) is 73.7 Å². The number of nitrogens with one attached hydrogen (secondary N) is 2.